The molecule has 0 spiro atoms. The van der Waals surface area contributed by atoms with Crippen LogP contribution in [-0.4, -0.2) is 11.6 Å². The molecule has 0 aliphatic rings. The second kappa shape index (κ2) is 5.44. The third kappa shape index (κ3) is 3.01. The van der Waals surface area contributed by atoms with Gasteiger partial charge in [-0.1, -0.05) is 37.3 Å². The lowest BCUT2D eigenvalue weighted by molar-refractivity contribution is -0.121. The lowest BCUT2D eigenvalue weighted by Gasteiger charge is -2.08. The van der Waals surface area contributed by atoms with E-state index in [4.69, 9.17) is 0 Å². The van der Waals surface area contributed by atoms with Gasteiger partial charge in [0.25, 0.3) is 0 Å². The molecule has 1 aromatic rings. The zero-order valence-electron chi connectivity index (χ0n) is 9.19. The number of carbonyl (C=O) groups excluding carboxylic acids is 2. The van der Waals surface area contributed by atoms with Crippen LogP contribution in [-0.2, 0) is 4.79 Å². The third-order valence-electron chi connectivity index (χ3n) is 2.43. The number of rotatable bonds is 5. The summed E-state index contributed by atoms with van der Waals surface area (Å²) in [6.07, 6.45) is 1.28. The number of benzene rings is 1. The summed E-state index contributed by atoms with van der Waals surface area (Å²) in [6.45, 7) is 3.63. The Morgan fingerprint density at radius 1 is 1.20 bits per heavy atom. The standard InChI is InChI=1S/C13H16O2/c1-3-7-12(14)10(2)13(15)11-8-5-4-6-9-11/h4-6,8-10H,3,7H2,1-2H3. The van der Waals surface area contributed by atoms with E-state index in [1.807, 2.05) is 25.1 Å². The maximum absolute atomic E-state index is 11.8. The monoisotopic (exact) mass is 204 g/mol. The molecule has 0 amide bonds. The van der Waals surface area contributed by atoms with Crippen molar-refractivity contribution in [1.82, 2.24) is 0 Å². The van der Waals surface area contributed by atoms with Crippen LogP contribution in [0.3, 0.4) is 0 Å². The van der Waals surface area contributed by atoms with E-state index < -0.39 is 5.92 Å². The molecular formula is C13H16O2. The molecule has 0 N–H and O–H groups in total. The third-order valence-corrected chi connectivity index (χ3v) is 2.43. The molecule has 0 saturated carbocycles. The van der Waals surface area contributed by atoms with Gasteiger partial charge in [0.05, 0.1) is 5.92 Å². The van der Waals surface area contributed by atoms with Crippen LogP contribution in [0.25, 0.3) is 0 Å². The van der Waals surface area contributed by atoms with Crippen LogP contribution in [0.4, 0.5) is 0 Å². The van der Waals surface area contributed by atoms with Gasteiger partial charge >= 0.3 is 0 Å². The lowest BCUT2D eigenvalue weighted by Crippen LogP contribution is -2.20. The molecule has 0 aliphatic heterocycles. The molecular weight excluding hydrogens is 188 g/mol. The minimum atomic E-state index is -0.507. The molecule has 0 saturated heterocycles. The normalized spacial score (nSPS) is 12.1. The first-order chi connectivity index (χ1) is 7.16. The first-order valence-corrected chi connectivity index (χ1v) is 5.28. The minimum Gasteiger partial charge on any atom is -0.299 e. The Morgan fingerprint density at radius 2 is 1.80 bits per heavy atom. The van der Waals surface area contributed by atoms with E-state index in [-0.39, 0.29) is 11.6 Å². The predicted octanol–water partition coefficient (Wildman–Crippen LogP) is 2.87. The first-order valence-electron chi connectivity index (χ1n) is 5.28. The van der Waals surface area contributed by atoms with Crippen LogP contribution < -0.4 is 0 Å². The molecule has 2 heteroatoms. The number of hydrogen-bond donors (Lipinski definition) is 0. The van der Waals surface area contributed by atoms with Crippen LogP contribution in [0.15, 0.2) is 30.3 Å². The average molecular weight is 204 g/mol. The molecule has 1 atom stereocenters. The number of hydrogen-bond acceptors (Lipinski definition) is 2. The highest BCUT2D eigenvalue weighted by atomic mass is 16.1. The number of Topliss-reactive ketones (excluding diaryl/α,β-unsaturated/α-hetero) is 2. The molecule has 0 aliphatic carbocycles. The van der Waals surface area contributed by atoms with Crippen LogP contribution in [0.5, 0.6) is 0 Å². The fourth-order valence-corrected chi connectivity index (χ4v) is 1.46. The fraction of sp³-hybridized carbons (Fsp3) is 0.385. The summed E-state index contributed by atoms with van der Waals surface area (Å²) in [6, 6.07) is 8.97. The molecule has 0 radical (unpaired) electrons. The van der Waals surface area contributed by atoms with Crippen molar-refractivity contribution >= 4 is 11.6 Å². The van der Waals surface area contributed by atoms with E-state index in [0.29, 0.717) is 12.0 Å². The van der Waals surface area contributed by atoms with Crippen molar-refractivity contribution in [3.05, 3.63) is 35.9 Å². The van der Waals surface area contributed by atoms with E-state index in [1.54, 1.807) is 19.1 Å². The van der Waals surface area contributed by atoms with Crippen molar-refractivity contribution in [2.24, 2.45) is 5.92 Å². The maximum atomic E-state index is 11.8. The summed E-state index contributed by atoms with van der Waals surface area (Å²) in [4.78, 5) is 23.4. The zero-order chi connectivity index (χ0) is 11.3. The Hall–Kier alpha value is -1.44. The summed E-state index contributed by atoms with van der Waals surface area (Å²) in [5.41, 5.74) is 0.620. The van der Waals surface area contributed by atoms with Gasteiger partial charge in [-0.05, 0) is 13.3 Å². The molecule has 1 aromatic carbocycles. The van der Waals surface area contributed by atoms with E-state index in [1.165, 1.54) is 0 Å². The quantitative estimate of drug-likeness (QED) is 0.546. The van der Waals surface area contributed by atoms with Crippen molar-refractivity contribution in [1.29, 1.82) is 0 Å². The van der Waals surface area contributed by atoms with Gasteiger partial charge in [0, 0.05) is 12.0 Å². The Bertz CT molecular complexity index is 341. The van der Waals surface area contributed by atoms with Gasteiger partial charge < -0.3 is 0 Å². The minimum absolute atomic E-state index is 0.0337. The summed E-state index contributed by atoms with van der Waals surface area (Å²) < 4.78 is 0. The smallest absolute Gasteiger partial charge is 0.173 e. The van der Waals surface area contributed by atoms with Gasteiger partial charge in [-0.3, -0.25) is 9.59 Å². The largest absolute Gasteiger partial charge is 0.299 e. The van der Waals surface area contributed by atoms with E-state index in [0.717, 1.165) is 6.42 Å². The van der Waals surface area contributed by atoms with Crippen LogP contribution >= 0.6 is 0 Å². The highest BCUT2D eigenvalue weighted by Crippen LogP contribution is 2.11. The summed E-state index contributed by atoms with van der Waals surface area (Å²) in [5.74, 6) is -0.548. The molecule has 1 unspecified atom stereocenters. The Labute approximate surface area is 90.3 Å². The lowest BCUT2D eigenvalue weighted by atomic mass is 9.93. The highest BCUT2D eigenvalue weighted by molar-refractivity contribution is 6.10. The van der Waals surface area contributed by atoms with E-state index in [9.17, 15) is 9.59 Å². The molecule has 2 nitrogen and oxygen atoms in total. The maximum Gasteiger partial charge on any atom is 0.173 e. The molecule has 80 valence electrons. The molecule has 0 fully saturated rings. The van der Waals surface area contributed by atoms with Crippen molar-refractivity contribution in [3.8, 4) is 0 Å². The van der Waals surface area contributed by atoms with Crippen LogP contribution in [0, 0.1) is 5.92 Å². The van der Waals surface area contributed by atoms with Gasteiger partial charge in [-0.25, -0.2) is 0 Å². The van der Waals surface area contributed by atoms with Gasteiger partial charge in [-0.15, -0.1) is 0 Å². The Balaban J connectivity index is 2.73. The Morgan fingerprint density at radius 3 is 2.33 bits per heavy atom. The fourth-order valence-electron chi connectivity index (χ4n) is 1.46. The van der Waals surface area contributed by atoms with E-state index in [2.05, 4.69) is 0 Å². The molecule has 0 bridgehead atoms. The van der Waals surface area contributed by atoms with Gasteiger partial charge in [0.15, 0.2) is 5.78 Å². The average Bonchev–Trinajstić information content (AvgIpc) is 2.28. The summed E-state index contributed by atoms with van der Waals surface area (Å²) >= 11 is 0. The SMILES string of the molecule is CCCC(=O)C(C)C(=O)c1ccccc1. The number of ketones is 2. The molecule has 0 aromatic heterocycles. The molecule has 15 heavy (non-hydrogen) atoms. The van der Waals surface area contributed by atoms with Gasteiger partial charge in [0.1, 0.15) is 5.78 Å². The highest BCUT2D eigenvalue weighted by Gasteiger charge is 2.21. The van der Waals surface area contributed by atoms with Crippen molar-refractivity contribution in [2.75, 3.05) is 0 Å². The predicted molar refractivity (Wildman–Crippen MR) is 59.9 cm³/mol. The first kappa shape index (κ1) is 11.6. The van der Waals surface area contributed by atoms with Crippen molar-refractivity contribution < 1.29 is 9.59 Å². The second-order valence-electron chi connectivity index (χ2n) is 3.67. The van der Waals surface area contributed by atoms with Crippen LogP contribution in [0.1, 0.15) is 37.0 Å². The Kier molecular flexibility index (Phi) is 4.22. The summed E-state index contributed by atoms with van der Waals surface area (Å²) in [5, 5.41) is 0. The topological polar surface area (TPSA) is 34.1 Å². The molecule has 0 heterocycles. The van der Waals surface area contributed by atoms with Crippen molar-refractivity contribution in [2.45, 2.75) is 26.7 Å². The van der Waals surface area contributed by atoms with E-state index >= 15 is 0 Å². The zero-order valence-corrected chi connectivity index (χ0v) is 9.19. The molecule has 1 rings (SSSR count). The van der Waals surface area contributed by atoms with Crippen LogP contribution in [0.2, 0.25) is 0 Å². The van der Waals surface area contributed by atoms with Crippen molar-refractivity contribution in [3.63, 3.8) is 0 Å². The van der Waals surface area contributed by atoms with Gasteiger partial charge in [-0.2, -0.15) is 0 Å². The number of carbonyl (C=O) groups is 2. The van der Waals surface area contributed by atoms with Gasteiger partial charge in [0.2, 0.25) is 0 Å². The second-order valence-corrected chi connectivity index (χ2v) is 3.67. The summed E-state index contributed by atoms with van der Waals surface area (Å²) in [7, 11) is 0.